The number of aromatic nitrogens is 1. The topological polar surface area (TPSA) is 65.7 Å². The number of fused-ring (bicyclic) bond motifs is 1. The Morgan fingerprint density at radius 1 is 1.32 bits per heavy atom. The van der Waals surface area contributed by atoms with Gasteiger partial charge in [0.25, 0.3) is 5.56 Å². The summed E-state index contributed by atoms with van der Waals surface area (Å²) in [6.07, 6.45) is 3.18. The average molecular weight is 365 g/mol. The van der Waals surface area contributed by atoms with Crippen molar-refractivity contribution in [2.24, 2.45) is 0 Å². The molecular formula is C18H18ClFN2O3. The first-order valence-electron chi connectivity index (χ1n) is 8.28. The normalized spacial score (nSPS) is 20.5. The Labute approximate surface area is 148 Å². The SMILES string of the molecule is O=c1c(O)c2c(cn1C1CC1)CCN(Cc1ccc(F)c(Cl)c1)C2O. The quantitative estimate of drug-likeness (QED) is 0.879. The highest BCUT2D eigenvalue weighted by Crippen LogP contribution is 2.38. The summed E-state index contributed by atoms with van der Waals surface area (Å²) in [6, 6.07) is 4.58. The van der Waals surface area contributed by atoms with E-state index in [9.17, 15) is 19.4 Å². The van der Waals surface area contributed by atoms with Crippen molar-refractivity contribution in [1.29, 1.82) is 0 Å². The molecule has 7 heteroatoms. The molecule has 0 spiro atoms. The third-order valence-corrected chi connectivity index (χ3v) is 5.21. The standard InChI is InChI=1S/C18H18ClFN2O3/c19-13-7-10(1-4-14(13)20)8-21-6-5-11-9-22(12-2-3-12)18(25)16(23)15(11)17(21)24/h1,4,7,9,12,17,23-24H,2-3,5-6,8H2. The zero-order valence-corrected chi connectivity index (χ0v) is 14.2. The molecule has 1 atom stereocenters. The number of benzene rings is 1. The molecule has 2 N–H and O–H groups in total. The molecule has 0 radical (unpaired) electrons. The summed E-state index contributed by atoms with van der Waals surface area (Å²) in [4.78, 5) is 14.1. The largest absolute Gasteiger partial charge is 0.503 e. The van der Waals surface area contributed by atoms with Gasteiger partial charge in [-0.2, -0.15) is 0 Å². The van der Waals surface area contributed by atoms with Gasteiger partial charge in [0.1, 0.15) is 12.0 Å². The molecule has 4 rings (SSSR count). The van der Waals surface area contributed by atoms with Crippen molar-refractivity contribution >= 4 is 11.6 Å². The first-order valence-corrected chi connectivity index (χ1v) is 8.66. The smallest absolute Gasteiger partial charge is 0.293 e. The second-order valence-electron chi connectivity index (χ2n) is 6.70. The highest BCUT2D eigenvalue weighted by Gasteiger charge is 2.33. The number of rotatable bonds is 3. The van der Waals surface area contributed by atoms with Crippen LogP contribution in [0.15, 0.2) is 29.2 Å². The minimum absolute atomic E-state index is 0.0274. The van der Waals surface area contributed by atoms with E-state index >= 15 is 0 Å². The number of nitrogens with zero attached hydrogens (tertiary/aromatic N) is 2. The van der Waals surface area contributed by atoms with E-state index in [4.69, 9.17) is 11.6 Å². The van der Waals surface area contributed by atoms with E-state index in [1.165, 1.54) is 12.1 Å². The average Bonchev–Trinajstić information content (AvgIpc) is 3.41. The first-order chi connectivity index (χ1) is 12.0. The van der Waals surface area contributed by atoms with E-state index in [-0.39, 0.29) is 22.4 Å². The summed E-state index contributed by atoms with van der Waals surface area (Å²) in [7, 11) is 0. The Morgan fingerprint density at radius 3 is 2.76 bits per heavy atom. The van der Waals surface area contributed by atoms with Gasteiger partial charge in [0.05, 0.1) is 5.02 Å². The highest BCUT2D eigenvalue weighted by atomic mass is 35.5. The summed E-state index contributed by atoms with van der Waals surface area (Å²) in [5, 5.41) is 21.0. The molecule has 1 saturated carbocycles. The third-order valence-electron chi connectivity index (χ3n) is 4.92. The third kappa shape index (κ3) is 2.94. The predicted molar refractivity (Wildman–Crippen MR) is 91.1 cm³/mol. The fraction of sp³-hybridized carbons (Fsp3) is 0.389. The molecule has 1 unspecified atom stereocenters. The van der Waals surface area contributed by atoms with Gasteiger partial charge in [0.15, 0.2) is 5.75 Å². The van der Waals surface area contributed by atoms with Crippen LogP contribution in [0.1, 0.15) is 41.8 Å². The van der Waals surface area contributed by atoms with Gasteiger partial charge < -0.3 is 14.8 Å². The van der Waals surface area contributed by atoms with Crippen molar-refractivity contribution < 1.29 is 14.6 Å². The molecule has 2 heterocycles. The number of hydrogen-bond donors (Lipinski definition) is 2. The van der Waals surface area contributed by atoms with Crippen LogP contribution in [0.5, 0.6) is 5.75 Å². The molecule has 1 aromatic carbocycles. The van der Waals surface area contributed by atoms with Gasteiger partial charge in [0.2, 0.25) is 0 Å². The van der Waals surface area contributed by atoms with Crippen LogP contribution in [0.4, 0.5) is 4.39 Å². The fourth-order valence-corrected chi connectivity index (χ4v) is 3.61. The molecular weight excluding hydrogens is 347 g/mol. The van der Waals surface area contributed by atoms with E-state index in [1.807, 2.05) is 0 Å². The molecule has 1 fully saturated rings. The van der Waals surface area contributed by atoms with Gasteiger partial charge in [-0.25, -0.2) is 4.39 Å². The number of pyridine rings is 1. The minimum atomic E-state index is -1.09. The molecule has 25 heavy (non-hydrogen) atoms. The monoisotopic (exact) mass is 364 g/mol. The van der Waals surface area contributed by atoms with E-state index in [0.717, 1.165) is 24.0 Å². The molecule has 1 aromatic heterocycles. The molecule has 0 saturated heterocycles. The molecule has 0 amide bonds. The van der Waals surface area contributed by atoms with Crippen molar-refractivity contribution in [1.82, 2.24) is 9.47 Å². The van der Waals surface area contributed by atoms with Crippen LogP contribution in [-0.2, 0) is 13.0 Å². The molecule has 0 bridgehead atoms. The fourth-order valence-electron chi connectivity index (χ4n) is 3.40. The maximum atomic E-state index is 13.3. The molecule has 1 aliphatic heterocycles. The Hall–Kier alpha value is -1.89. The minimum Gasteiger partial charge on any atom is -0.503 e. The Morgan fingerprint density at radius 2 is 2.08 bits per heavy atom. The van der Waals surface area contributed by atoms with E-state index in [1.54, 1.807) is 21.7 Å². The van der Waals surface area contributed by atoms with Gasteiger partial charge in [0, 0.05) is 30.9 Å². The van der Waals surface area contributed by atoms with E-state index < -0.39 is 17.6 Å². The number of aromatic hydroxyl groups is 1. The van der Waals surface area contributed by atoms with Crippen molar-refractivity contribution in [2.45, 2.75) is 38.1 Å². The summed E-state index contributed by atoms with van der Waals surface area (Å²) in [5.41, 5.74) is 1.37. The second kappa shape index (κ2) is 6.12. The Bertz CT molecular complexity index is 895. The molecule has 2 aromatic rings. The number of aliphatic hydroxyl groups is 1. The lowest BCUT2D eigenvalue weighted by Gasteiger charge is -2.34. The zero-order chi connectivity index (χ0) is 17.7. The number of halogens is 2. The highest BCUT2D eigenvalue weighted by molar-refractivity contribution is 6.30. The lowest BCUT2D eigenvalue weighted by Crippen LogP contribution is -2.37. The molecule has 1 aliphatic carbocycles. The van der Waals surface area contributed by atoms with Crippen LogP contribution in [0.2, 0.25) is 5.02 Å². The number of aliphatic hydroxyl groups excluding tert-OH is 1. The van der Waals surface area contributed by atoms with Crippen LogP contribution in [0.25, 0.3) is 0 Å². The maximum absolute atomic E-state index is 13.3. The van der Waals surface area contributed by atoms with Crippen LogP contribution in [0, 0.1) is 5.82 Å². The van der Waals surface area contributed by atoms with Gasteiger partial charge in [-0.1, -0.05) is 17.7 Å². The molecule has 2 aliphatic rings. The summed E-state index contributed by atoms with van der Waals surface area (Å²) in [5.74, 6) is -0.869. The van der Waals surface area contributed by atoms with E-state index in [0.29, 0.717) is 19.5 Å². The number of hydrogen-bond acceptors (Lipinski definition) is 4. The molecule has 132 valence electrons. The van der Waals surface area contributed by atoms with Crippen LogP contribution in [0.3, 0.4) is 0 Å². The van der Waals surface area contributed by atoms with Gasteiger partial charge in [-0.3, -0.25) is 9.69 Å². The Kier molecular flexibility index (Phi) is 4.06. The van der Waals surface area contributed by atoms with E-state index in [2.05, 4.69) is 0 Å². The predicted octanol–water partition coefficient (Wildman–Crippen LogP) is 2.73. The summed E-state index contributed by atoms with van der Waals surface area (Å²) in [6.45, 7) is 0.900. The van der Waals surface area contributed by atoms with Crippen LogP contribution in [-0.4, -0.2) is 26.2 Å². The first kappa shape index (κ1) is 16.6. The van der Waals surface area contributed by atoms with Crippen LogP contribution < -0.4 is 5.56 Å². The second-order valence-corrected chi connectivity index (χ2v) is 7.11. The zero-order valence-electron chi connectivity index (χ0n) is 13.5. The van der Waals surface area contributed by atoms with Crippen molar-refractivity contribution in [2.75, 3.05) is 6.54 Å². The van der Waals surface area contributed by atoms with Crippen molar-refractivity contribution in [3.63, 3.8) is 0 Å². The summed E-state index contributed by atoms with van der Waals surface area (Å²) >= 11 is 5.81. The van der Waals surface area contributed by atoms with Crippen molar-refractivity contribution in [3.8, 4) is 5.75 Å². The van der Waals surface area contributed by atoms with Crippen LogP contribution >= 0.6 is 11.6 Å². The van der Waals surface area contributed by atoms with Gasteiger partial charge in [-0.15, -0.1) is 0 Å². The van der Waals surface area contributed by atoms with Gasteiger partial charge >= 0.3 is 0 Å². The Balaban J connectivity index is 1.64. The van der Waals surface area contributed by atoms with Crippen molar-refractivity contribution in [3.05, 3.63) is 62.3 Å². The lowest BCUT2D eigenvalue weighted by molar-refractivity contribution is -0.0143. The van der Waals surface area contributed by atoms with Gasteiger partial charge in [-0.05, 0) is 42.5 Å². The molecule has 5 nitrogen and oxygen atoms in total. The lowest BCUT2D eigenvalue weighted by atomic mass is 9.98. The summed E-state index contributed by atoms with van der Waals surface area (Å²) < 4.78 is 14.9. The maximum Gasteiger partial charge on any atom is 0.293 e.